The van der Waals surface area contributed by atoms with Crippen LogP contribution in [0.3, 0.4) is 0 Å². The highest BCUT2D eigenvalue weighted by molar-refractivity contribution is 6.00. The zero-order chi connectivity index (χ0) is 16.9. The normalized spacial score (nSPS) is 19.0. The van der Waals surface area contributed by atoms with Crippen LogP contribution in [-0.2, 0) is 9.59 Å². The number of hydrogen-bond donors (Lipinski definition) is 2. The number of hydrogen-bond acceptors (Lipinski definition) is 3. The lowest BCUT2D eigenvalue weighted by Gasteiger charge is -2.33. The first kappa shape index (κ1) is 16.2. The third-order valence-corrected chi connectivity index (χ3v) is 4.19. The van der Waals surface area contributed by atoms with Gasteiger partial charge in [-0.25, -0.2) is 0 Å². The molecule has 1 heterocycles. The molecule has 2 unspecified atom stereocenters. The Hall–Kier alpha value is -2.66. The molecule has 2 aromatic rings. The van der Waals surface area contributed by atoms with Gasteiger partial charge in [0, 0.05) is 12.2 Å². The average Bonchev–Trinajstić information content (AvgIpc) is 2.64. The molecule has 2 amide bonds. The maximum absolute atomic E-state index is 12.7. The lowest BCUT2D eigenvalue weighted by Crippen LogP contribution is -2.53. The van der Waals surface area contributed by atoms with Gasteiger partial charge in [-0.05, 0) is 30.5 Å². The van der Waals surface area contributed by atoms with Crippen LogP contribution in [0.1, 0.15) is 24.5 Å². The fourth-order valence-corrected chi connectivity index (χ4v) is 2.91. The summed E-state index contributed by atoms with van der Waals surface area (Å²) in [4.78, 5) is 26.6. The Kier molecular flexibility index (Phi) is 4.91. The van der Waals surface area contributed by atoms with Crippen molar-refractivity contribution in [3.8, 4) is 0 Å². The third-order valence-electron chi connectivity index (χ3n) is 4.19. The van der Waals surface area contributed by atoms with Gasteiger partial charge in [-0.1, -0.05) is 48.5 Å². The number of rotatable bonds is 4. The van der Waals surface area contributed by atoms with Crippen LogP contribution >= 0.6 is 0 Å². The fourth-order valence-electron chi connectivity index (χ4n) is 2.91. The number of benzene rings is 2. The zero-order valence-electron chi connectivity index (χ0n) is 13.3. The van der Waals surface area contributed by atoms with Crippen LogP contribution in [0.25, 0.3) is 0 Å². The van der Waals surface area contributed by atoms with Gasteiger partial charge < -0.3 is 15.3 Å². The lowest BCUT2D eigenvalue weighted by atomic mass is 10.0. The predicted octanol–water partition coefficient (Wildman–Crippen LogP) is 2.03. The first-order valence-electron chi connectivity index (χ1n) is 8.06. The number of para-hydroxylation sites is 1. The minimum absolute atomic E-state index is 0.138. The van der Waals surface area contributed by atoms with Crippen molar-refractivity contribution < 1.29 is 14.7 Å². The molecule has 1 aliphatic rings. The van der Waals surface area contributed by atoms with E-state index in [9.17, 15) is 14.7 Å². The summed E-state index contributed by atoms with van der Waals surface area (Å²) in [6, 6.07) is 17.5. The highest BCUT2D eigenvalue weighted by atomic mass is 16.3. The number of anilines is 1. The summed E-state index contributed by atoms with van der Waals surface area (Å²) in [7, 11) is 0. The molecule has 2 N–H and O–H groups in total. The third kappa shape index (κ3) is 3.46. The highest BCUT2D eigenvalue weighted by Crippen LogP contribution is 2.21. The molecule has 0 radical (unpaired) electrons. The van der Waals surface area contributed by atoms with E-state index in [1.807, 2.05) is 36.4 Å². The van der Waals surface area contributed by atoms with E-state index in [2.05, 4.69) is 5.32 Å². The predicted molar refractivity (Wildman–Crippen MR) is 91.4 cm³/mol. The second-order valence-electron chi connectivity index (χ2n) is 5.84. The first-order chi connectivity index (χ1) is 11.7. The van der Waals surface area contributed by atoms with Crippen molar-refractivity contribution in [3.63, 3.8) is 0 Å². The molecule has 2 atom stereocenters. The molecule has 3 rings (SSSR count). The van der Waals surface area contributed by atoms with Crippen molar-refractivity contribution in [3.05, 3.63) is 66.2 Å². The van der Waals surface area contributed by atoms with E-state index in [4.69, 9.17) is 0 Å². The number of nitrogens with zero attached hydrogens (tertiary/aromatic N) is 1. The molecule has 5 nitrogen and oxygen atoms in total. The van der Waals surface area contributed by atoms with Gasteiger partial charge in [0.15, 0.2) is 6.10 Å². The molecule has 0 aliphatic carbocycles. The van der Waals surface area contributed by atoms with E-state index in [0.29, 0.717) is 18.5 Å². The summed E-state index contributed by atoms with van der Waals surface area (Å²) in [5.41, 5.74) is 1.34. The smallest absolute Gasteiger partial charge is 0.254 e. The van der Waals surface area contributed by atoms with Crippen LogP contribution in [0.5, 0.6) is 0 Å². The van der Waals surface area contributed by atoms with Gasteiger partial charge in [-0.3, -0.25) is 9.59 Å². The topological polar surface area (TPSA) is 69.6 Å². The van der Waals surface area contributed by atoms with E-state index in [1.165, 1.54) is 0 Å². The molecule has 5 heteroatoms. The summed E-state index contributed by atoms with van der Waals surface area (Å²) < 4.78 is 0. The van der Waals surface area contributed by atoms with Crippen molar-refractivity contribution in [2.75, 3.05) is 11.4 Å². The number of aliphatic hydroxyl groups is 1. The van der Waals surface area contributed by atoms with Crippen LogP contribution in [0, 0.1) is 0 Å². The Bertz CT molecular complexity index is 703. The molecule has 1 aliphatic heterocycles. The van der Waals surface area contributed by atoms with Gasteiger partial charge in [-0.2, -0.15) is 0 Å². The molecule has 124 valence electrons. The Morgan fingerprint density at radius 2 is 1.71 bits per heavy atom. The Labute approximate surface area is 140 Å². The number of piperidine rings is 1. The molecular weight excluding hydrogens is 304 g/mol. The fraction of sp³-hybridized carbons (Fsp3) is 0.263. The summed E-state index contributed by atoms with van der Waals surface area (Å²) in [5, 5.41) is 12.8. The Balaban J connectivity index is 1.68. The van der Waals surface area contributed by atoms with Gasteiger partial charge in [-0.15, -0.1) is 0 Å². The SMILES string of the molecule is O=C(NC1CCCN(c2ccccc2)C1=O)C(O)c1ccccc1. The number of aliphatic hydroxyl groups excluding tert-OH is 1. The summed E-state index contributed by atoms with van der Waals surface area (Å²) in [6.45, 7) is 0.635. The van der Waals surface area contributed by atoms with Gasteiger partial charge >= 0.3 is 0 Å². The standard InChI is InChI=1S/C19H20N2O3/c22-17(14-8-3-1-4-9-14)18(23)20-16-12-7-13-21(19(16)24)15-10-5-2-6-11-15/h1-6,8-11,16-17,22H,7,12-13H2,(H,20,23). The van der Waals surface area contributed by atoms with E-state index in [0.717, 1.165) is 12.1 Å². The van der Waals surface area contributed by atoms with Crippen LogP contribution in [-0.4, -0.2) is 29.5 Å². The van der Waals surface area contributed by atoms with Crippen molar-refractivity contribution in [1.82, 2.24) is 5.32 Å². The molecular formula is C19H20N2O3. The monoisotopic (exact) mass is 324 g/mol. The van der Waals surface area contributed by atoms with Crippen molar-refractivity contribution >= 4 is 17.5 Å². The van der Waals surface area contributed by atoms with Crippen LogP contribution in [0.4, 0.5) is 5.69 Å². The molecule has 1 saturated heterocycles. The van der Waals surface area contributed by atoms with E-state index < -0.39 is 18.1 Å². The largest absolute Gasteiger partial charge is 0.378 e. The number of nitrogens with one attached hydrogen (secondary N) is 1. The first-order valence-corrected chi connectivity index (χ1v) is 8.06. The van der Waals surface area contributed by atoms with E-state index in [1.54, 1.807) is 29.2 Å². The number of amides is 2. The molecule has 0 spiro atoms. The van der Waals surface area contributed by atoms with Gasteiger partial charge in [0.25, 0.3) is 5.91 Å². The van der Waals surface area contributed by atoms with E-state index in [-0.39, 0.29) is 5.91 Å². The molecule has 1 fully saturated rings. The second kappa shape index (κ2) is 7.27. The van der Waals surface area contributed by atoms with Crippen LogP contribution < -0.4 is 10.2 Å². The highest BCUT2D eigenvalue weighted by Gasteiger charge is 2.32. The second-order valence-corrected chi connectivity index (χ2v) is 5.84. The maximum Gasteiger partial charge on any atom is 0.254 e. The number of carbonyl (C=O) groups is 2. The van der Waals surface area contributed by atoms with Gasteiger partial charge in [0.2, 0.25) is 5.91 Å². The van der Waals surface area contributed by atoms with Gasteiger partial charge in [0.1, 0.15) is 6.04 Å². The van der Waals surface area contributed by atoms with Crippen molar-refractivity contribution in [2.45, 2.75) is 25.0 Å². The minimum Gasteiger partial charge on any atom is -0.378 e. The van der Waals surface area contributed by atoms with Crippen LogP contribution in [0.15, 0.2) is 60.7 Å². The Morgan fingerprint density at radius 3 is 2.38 bits per heavy atom. The van der Waals surface area contributed by atoms with Crippen molar-refractivity contribution in [1.29, 1.82) is 0 Å². The molecule has 24 heavy (non-hydrogen) atoms. The quantitative estimate of drug-likeness (QED) is 0.904. The zero-order valence-corrected chi connectivity index (χ0v) is 13.3. The summed E-state index contributed by atoms with van der Waals surface area (Å²) >= 11 is 0. The average molecular weight is 324 g/mol. The van der Waals surface area contributed by atoms with Gasteiger partial charge in [0.05, 0.1) is 0 Å². The Morgan fingerprint density at radius 1 is 1.08 bits per heavy atom. The lowest BCUT2D eigenvalue weighted by molar-refractivity contribution is -0.134. The molecule has 0 aromatic heterocycles. The number of carbonyl (C=O) groups excluding carboxylic acids is 2. The van der Waals surface area contributed by atoms with E-state index >= 15 is 0 Å². The van der Waals surface area contributed by atoms with Crippen molar-refractivity contribution in [2.24, 2.45) is 0 Å². The molecule has 0 saturated carbocycles. The summed E-state index contributed by atoms with van der Waals surface area (Å²) in [5.74, 6) is -0.685. The molecule has 2 aromatic carbocycles. The minimum atomic E-state index is -1.27. The molecule has 0 bridgehead atoms. The maximum atomic E-state index is 12.7. The summed E-state index contributed by atoms with van der Waals surface area (Å²) in [6.07, 6.45) is 0.105. The van der Waals surface area contributed by atoms with Crippen LogP contribution in [0.2, 0.25) is 0 Å².